The van der Waals surface area contributed by atoms with Gasteiger partial charge in [0.15, 0.2) is 6.29 Å². The lowest BCUT2D eigenvalue weighted by Crippen LogP contribution is -2.35. The standard InChI is InChI=1S/C20H40O4S/c1-2-3-4-5-6-7-8-9-10-11-12-13-14-15-16-17-18-19-20-23-25(21,22)24-20/h20H,2-19H2,1H3. The van der Waals surface area contributed by atoms with Gasteiger partial charge in [-0.15, -0.1) is 0 Å². The van der Waals surface area contributed by atoms with E-state index in [-0.39, 0.29) is 0 Å². The van der Waals surface area contributed by atoms with Crippen molar-refractivity contribution in [3.8, 4) is 0 Å². The highest BCUT2D eigenvalue weighted by atomic mass is 32.3. The van der Waals surface area contributed by atoms with Crippen molar-refractivity contribution < 1.29 is 16.8 Å². The van der Waals surface area contributed by atoms with Crippen LogP contribution in [0.2, 0.25) is 0 Å². The number of rotatable bonds is 18. The first-order valence-electron chi connectivity index (χ1n) is 10.8. The van der Waals surface area contributed by atoms with Crippen LogP contribution in [0.3, 0.4) is 0 Å². The molecule has 0 radical (unpaired) electrons. The Balaban J connectivity index is 1.66. The summed E-state index contributed by atoms with van der Waals surface area (Å²) in [6, 6.07) is 0. The van der Waals surface area contributed by atoms with Crippen molar-refractivity contribution in [3.05, 3.63) is 0 Å². The summed E-state index contributed by atoms with van der Waals surface area (Å²) in [4.78, 5) is 0. The van der Waals surface area contributed by atoms with Gasteiger partial charge in [-0.25, -0.2) is 8.37 Å². The van der Waals surface area contributed by atoms with Gasteiger partial charge in [0.25, 0.3) is 0 Å². The lowest BCUT2D eigenvalue weighted by atomic mass is 10.0. The lowest BCUT2D eigenvalue weighted by Gasteiger charge is -2.24. The molecule has 1 saturated heterocycles. The van der Waals surface area contributed by atoms with Gasteiger partial charge in [-0.3, -0.25) is 0 Å². The van der Waals surface area contributed by atoms with Crippen molar-refractivity contribution in [1.82, 2.24) is 0 Å². The van der Waals surface area contributed by atoms with Crippen molar-refractivity contribution in [2.45, 2.75) is 129 Å². The summed E-state index contributed by atoms with van der Waals surface area (Å²) in [5, 5.41) is 0. The van der Waals surface area contributed by atoms with Gasteiger partial charge in [-0.05, 0) is 6.42 Å². The Bertz CT molecular complexity index is 383. The van der Waals surface area contributed by atoms with Crippen LogP contribution in [0.1, 0.15) is 122 Å². The fraction of sp³-hybridized carbons (Fsp3) is 1.00. The van der Waals surface area contributed by atoms with E-state index in [1.165, 1.54) is 96.3 Å². The van der Waals surface area contributed by atoms with Gasteiger partial charge >= 0.3 is 10.4 Å². The second-order valence-electron chi connectivity index (χ2n) is 7.48. The van der Waals surface area contributed by atoms with Gasteiger partial charge < -0.3 is 0 Å². The normalized spacial score (nSPS) is 16.8. The van der Waals surface area contributed by atoms with Crippen molar-refractivity contribution in [2.24, 2.45) is 0 Å². The molecule has 5 heteroatoms. The van der Waals surface area contributed by atoms with E-state index in [1.807, 2.05) is 0 Å². The molecule has 1 heterocycles. The van der Waals surface area contributed by atoms with Crippen LogP contribution in [0.25, 0.3) is 0 Å². The molecule has 1 aliphatic heterocycles. The molecule has 0 aromatic carbocycles. The molecule has 0 bridgehead atoms. The summed E-state index contributed by atoms with van der Waals surface area (Å²) in [5.41, 5.74) is 0. The molecular weight excluding hydrogens is 336 g/mol. The van der Waals surface area contributed by atoms with Gasteiger partial charge in [-0.1, -0.05) is 110 Å². The molecule has 25 heavy (non-hydrogen) atoms. The molecule has 0 unspecified atom stereocenters. The van der Waals surface area contributed by atoms with E-state index in [2.05, 4.69) is 15.3 Å². The molecule has 0 saturated carbocycles. The lowest BCUT2D eigenvalue weighted by molar-refractivity contribution is -0.0842. The average Bonchev–Trinajstić information content (AvgIpc) is 2.56. The summed E-state index contributed by atoms with van der Waals surface area (Å²) in [5.74, 6) is 0. The molecule has 0 atom stereocenters. The van der Waals surface area contributed by atoms with Crippen LogP contribution in [-0.2, 0) is 18.8 Å². The number of unbranched alkanes of at least 4 members (excludes halogenated alkanes) is 16. The van der Waals surface area contributed by atoms with Gasteiger partial charge in [0.2, 0.25) is 0 Å². The largest absolute Gasteiger partial charge is 0.404 e. The number of hydrogen-bond donors (Lipinski definition) is 0. The van der Waals surface area contributed by atoms with E-state index in [4.69, 9.17) is 0 Å². The Kier molecular flexibility index (Phi) is 13.7. The molecule has 1 fully saturated rings. The third-order valence-electron chi connectivity index (χ3n) is 4.99. The van der Waals surface area contributed by atoms with E-state index >= 15 is 0 Å². The zero-order valence-electron chi connectivity index (χ0n) is 16.3. The van der Waals surface area contributed by atoms with Gasteiger partial charge in [0.1, 0.15) is 0 Å². The molecule has 150 valence electrons. The molecule has 4 nitrogen and oxygen atoms in total. The van der Waals surface area contributed by atoms with Gasteiger partial charge in [0.05, 0.1) is 0 Å². The number of hydrogen-bond acceptors (Lipinski definition) is 4. The SMILES string of the molecule is CCCCCCCCCCCCCCCCCCCC1OS(=O)(=O)O1. The Morgan fingerprint density at radius 1 is 0.560 bits per heavy atom. The Labute approximate surface area is 156 Å². The monoisotopic (exact) mass is 376 g/mol. The highest BCUT2D eigenvalue weighted by Crippen LogP contribution is 2.23. The topological polar surface area (TPSA) is 52.6 Å². The molecule has 0 aromatic rings. The molecule has 0 amide bonds. The minimum atomic E-state index is -3.60. The van der Waals surface area contributed by atoms with Crippen LogP contribution >= 0.6 is 0 Å². The van der Waals surface area contributed by atoms with Gasteiger partial charge in [-0.2, -0.15) is 8.42 Å². The molecule has 0 spiro atoms. The first-order chi connectivity index (χ1) is 12.1. The second-order valence-corrected chi connectivity index (χ2v) is 8.68. The highest BCUT2D eigenvalue weighted by molar-refractivity contribution is 7.82. The summed E-state index contributed by atoms with van der Waals surface area (Å²) in [7, 11) is -3.60. The van der Waals surface area contributed by atoms with Crippen molar-refractivity contribution in [3.63, 3.8) is 0 Å². The zero-order valence-corrected chi connectivity index (χ0v) is 17.2. The van der Waals surface area contributed by atoms with Crippen molar-refractivity contribution in [2.75, 3.05) is 0 Å². The molecule has 1 rings (SSSR count). The second kappa shape index (κ2) is 15.0. The summed E-state index contributed by atoms with van der Waals surface area (Å²) in [6.45, 7) is 2.28. The fourth-order valence-electron chi connectivity index (χ4n) is 3.40. The summed E-state index contributed by atoms with van der Waals surface area (Å²) >= 11 is 0. The molecule has 0 N–H and O–H groups in total. The van der Waals surface area contributed by atoms with E-state index in [9.17, 15) is 8.42 Å². The molecular formula is C20H40O4S. The molecule has 0 aromatic heterocycles. The Morgan fingerprint density at radius 2 is 0.880 bits per heavy atom. The van der Waals surface area contributed by atoms with Crippen LogP contribution in [0.5, 0.6) is 0 Å². The van der Waals surface area contributed by atoms with Crippen LogP contribution in [0.4, 0.5) is 0 Å². The average molecular weight is 377 g/mol. The quantitative estimate of drug-likeness (QED) is 0.251. The minimum absolute atomic E-state index is 0.513. The highest BCUT2D eigenvalue weighted by Gasteiger charge is 2.35. The summed E-state index contributed by atoms with van der Waals surface area (Å²) in [6.07, 6.45) is 23.1. The maximum atomic E-state index is 10.6. The van der Waals surface area contributed by atoms with Crippen LogP contribution in [-0.4, -0.2) is 14.7 Å². The third-order valence-corrected chi connectivity index (χ3v) is 5.89. The zero-order chi connectivity index (χ0) is 18.2. The molecule has 1 aliphatic rings. The molecule has 0 aliphatic carbocycles. The van der Waals surface area contributed by atoms with Crippen molar-refractivity contribution in [1.29, 1.82) is 0 Å². The minimum Gasteiger partial charge on any atom is -0.215 e. The predicted molar refractivity (Wildman–Crippen MR) is 104 cm³/mol. The van der Waals surface area contributed by atoms with E-state index in [0.29, 0.717) is 6.42 Å². The Morgan fingerprint density at radius 3 is 1.20 bits per heavy atom. The maximum absolute atomic E-state index is 10.6. The maximum Gasteiger partial charge on any atom is 0.404 e. The first-order valence-corrected chi connectivity index (χ1v) is 12.1. The predicted octanol–water partition coefficient (Wildman–Crippen LogP) is 6.65. The van der Waals surface area contributed by atoms with Crippen LogP contribution < -0.4 is 0 Å². The van der Waals surface area contributed by atoms with E-state index < -0.39 is 16.7 Å². The van der Waals surface area contributed by atoms with Gasteiger partial charge in [0, 0.05) is 6.42 Å². The first kappa shape index (κ1) is 22.9. The van der Waals surface area contributed by atoms with E-state index in [0.717, 1.165) is 12.8 Å². The third kappa shape index (κ3) is 13.7. The Hall–Kier alpha value is -0.130. The fourth-order valence-corrected chi connectivity index (χ4v) is 4.13. The van der Waals surface area contributed by atoms with Crippen molar-refractivity contribution >= 4 is 10.4 Å². The smallest absolute Gasteiger partial charge is 0.215 e. The van der Waals surface area contributed by atoms with Crippen LogP contribution in [0, 0.1) is 0 Å². The summed E-state index contributed by atoms with van der Waals surface area (Å²) < 4.78 is 30.5. The van der Waals surface area contributed by atoms with Crippen LogP contribution in [0.15, 0.2) is 0 Å². The van der Waals surface area contributed by atoms with E-state index in [1.54, 1.807) is 0 Å².